The largest absolute Gasteiger partial charge is 0.492 e. The zero-order valence-electron chi connectivity index (χ0n) is 31.8. The molecule has 1 aliphatic rings. The molecule has 59 heavy (non-hydrogen) atoms. The quantitative estimate of drug-likeness (QED) is 0.0941. The number of ether oxygens (including phenoxy) is 3. The van der Waals surface area contributed by atoms with Crippen LogP contribution in [0.1, 0.15) is 19.2 Å². The highest BCUT2D eigenvalue weighted by Gasteiger charge is 2.30. The van der Waals surface area contributed by atoms with Gasteiger partial charge in [0.15, 0.2) is 12.3 Å². The van der Waals surface area contributed by atoms with E-state index in [-0.39, 0.29) is 11.5 Å². The fraction of sp³-hybridized carbons (Fsp3) is 0.128. The maximum atomic E-state index is 11.6. The summed E-state index contributed by atoms with van der Waals surface area (Å²) in [5, 5.41) is 3.99. The average molecular weight is 806 g/mol. The molecule has 11 nitrogen and oxygen atoms in total. The van der Waals surface area contributed by atoms with Gasteiger partial charge >= 0.3 is 5.89 Å². The molecule has 3 aromatic heterocycles. The Morgan fingerprint density at radius 1 is 0.695 bits per heavy atom. The summed E-state index contributed by atoms with van der Waals surface area (Å²) in [4.78, 5) is 1.86. The van der Waals surface area contributed by atoms with Crippen molar-refractivity contribution in [2.45, 2.75) is 24.8 Å². The lowest BCUT2D eigenvalue weighted by Gasteiger charge is -2.19. The molecule has 0 unspecified atom stereocenters. The molecule has 0 saturated heterocycles. The van der Waals surface area contributed by atoms with E-state index < -0.39 is 10.1 Å². The summed E-state index contributed by atoms with van der Waals surface area (Å²) in [6, 6.07) is 39.4. The summed E-state index contributed by atoms with van der Waals surface area (Å²) < 4.78 is 72.6. The predicted octanol–water partition coefficient (Wildman–Crippen LogP) is 10.5. The predicted molar refractivity (Wildman–Crippen MR) is 225 cm³/mol. The third kappa shape index (κ3) is 6.92. The molecule has 0 fully saturated rings. The van der Waals surface area contributed by atoms with Crippen molar-refractivity contribution in [3.05, 3.63) is 151 Å². The van der Waals surface area contributed by atoms with E-state index >= 15 is 0 Å². The topological polar surface area (TPSA) is 129 Å². The fourth-order valence-electron chi connectivity index (χ4n) is 7.61. The van der Waals surface area contributed by atoms with Crippen molar-refractivity contribution in [3.63, 3.8) is 0 Å². The minimum absolute atomic E-state index is 0.204. The monoisotopic (exact) mass is 805 g/mol. The lowest BCUT2D eigenvalue weighted by atomic mass is 10.1. The van der Waals surface area contributed by atoms with E-state index in [1.54, 1.807) is 0 Å². The van der Waals surface area contributed by atoms with Gasteiger partial charge in [0.1, 0.15) is 47.0 Å². The molecule has 0 spiro atoms. The fourth-order valence-corrected chi connectivity index (χ4v) is 8.09. The highest BCUT2D eigenvalue weighted by atomic mass is 32.2. The summed E-state index contributed by atoms with van der Waals surface area (Å²) in [5.41, 5.74) is 6.46. The number of para-hydroxylation sites is 3. The smallest absolute Gasteiger partial charge is 0.374 e. The van der Waals surface area contributed by atoms with Crippen LogP contribution in [0.2, 0.25) is 0 Å². The molecule has 294 valence electrons. The first-order valence-corrected chi connectivity index (χ1v) is 20.7. The van der Waals surface area contributed by atoms with Gasteiger partial charge in [-0.3, -0.25) is 4.55 Å². The van der Waals surface area contributed by atoms with E-state index in [0.29, 0.717) is 60.6 Å². The Morgan fingerprint density at radius 3 is 2.05 bits per heavy atom. The number of anilines is 1. The van der Waals surface area contributed by atoms with Crippen LogP contribution < -0.4 is 23.7 Å². The van der Waals surface area contributed by atoms with Crippen LogP contribution >= 0.6 is 0 Å². The minimum Gasteiger partial charge on any atom is -0.492 e. The van der Waals surface area contributed by atoms with Gasteiger partial charge in [0, 0.05) is 45.8 Å². The first-order chi connectivity index (χ1) is 28.8. The first kappa shape index (κ1) is 36.3. The average Bonchev–Trinajstić information content (AvgIpc) is 3.98. The van der Waals surface area contributed by atoms with E-state index in [9.17, 15) is 13.0 Å². The van der Waals surface area contributed by atoms with Crippen LogP contribution in [0.4, 0.5) is 5.69 Å². The van der Waals surface area contributed by atoms with Gasteiger partial charge in [0.05, 0.1) is 23.2 Å². The van der Waals surface area contributed by atoms with Gasteiger partial charge in [0.25, 0.3) is 15.6 Å². The van der Waals surface area contributed by atoms with Crippen molar-refractivity contribution in [3.8, 4) is 17.2 Å². The Kier molecular flexibility index (Phi) is 9.07. The number of benzene rings is 6. The maximum absolute atomic E-state index is 11.6. The van der Waals surface area contributed by atoms with Crippen molar-refractivity contribution < 1.29 is 45.0 Å². The van der Waals surface area contributed by atoms with Gasteiger partial charge in [-0.15, -0.1) is 0 Å². The van der Waals surface area contributed by atoms with Crippen LogP contribution in [0, 0.1) is 0 Å². The zero-order valence-corrected chi connectivity index (χ0v) is 32.6. The molecule has 12 heteroatoms. The summed E-state index contributed by atoms with van der Waals surface area (Å²) >= 11 is 0. The Balaban J connectivity index is 1.02. The van der Waals surface area contributed by atoms with E-state index in [1.165, 1.54) is 24.3 Å². The van der Waals surface area contributed by atoms with Crippen molar-refractivity contribution in [1.82, 2.24) is 0 Å². The number of nitrogens with zero attached hydrogens (tertiary/aromatic N) is 2. The summed E-state index contributed by atoms with van der Waals surface area (Å²) in [6.07, 6.45) is 4.70. The second kappa shape index (κ2) is 14.7. The lowest BCUT2D eigenvalue weighted by molar-refractivity contribution is -0.678. The molecule has 0 saturated carbocycles. The lowest BCUT2D eigenvalue weighted by Crippen LogP contribution is -2.38. The number of hydrogen-bond donors (Lipinski definition) is 1. The van der Waals surface area contributed by atoms with Gasteiger partial charge in [-0.2, -0.15) is 13.0 Å². The minimum atomic E-state index is -4.32. The van der Waals surface area contributed by atoms with Gasteiger partial charge in [-0.1, -0.05) is 61.5 Å². The Bertz CT molecular complexity index is 3220. The molecule has 6 aromatic carbocycles. The number of fused-ring (bicyclic) bond motifs is 8. The van der Waals surface area contributed by atoms with Gasteiger partial charge in [-0.05, 0) is 66.6 Å². The SMILES string of the molecule is CCC(=Cc1oc2cc3oc4ccccc4c3cc2[n+]1CCOc1ccccc1)C=C1Oc2cc3oc4ccccc4c3cc2N1CCOc1ccc(S(=O)(=O)O)cc1. The van der Waals surface area contributed by atoms with E-state index in [4.69, 9.17) is 27.5 Å². The molecule has 1 aliphatic heterocycles. The molecular formula is C47H37N2O9S+. The highest BCUT2D eigenvalue weighted by molar-refractivity contribution is 7.85. The van der Waals surface area contributed by atoms with Crippen molar-refractivity contribution >= 4 is 76.9 Å². The van der Waals surface area contributed by atoms with Crippen LogP contribution in [-0.2, 0) is 16.7 Å². The summed E-state index contributed by atoms with van der Waals surface area (Å²) in [7, 11) is -4.32. The third-order valence-electron chi connectivity index (χ3n) is 10.5. The number of allylic oxidation sites excluding steroid dienone is 2. The molecule has 0 bridgehead atoms. The Morgan fingerprint density at radius 2 is 1.34 bits per heavy atom. The molecule has 0 aliphatic carbocycles. The third-order valence-corrected chi connectivity index (χ3v) is 11.4. The van der Waals surface area contributed by atoms with Crippen LogP contribution in [0.3, 0.4) is 0 Å². The molecule has 0 amide bonds. The maximum Gasteiger partial charge on any atom is 0.374 e. The molecular weight excluding hydrogens is 769 g/mol. The number of rotatable bonds is 12. The number of hydrogen-bond acceptors (Lipinski definition) is 9. The normalized spacial score (nSPS) is 14.0. The van der Waals surface area contributed by atoms with Gasteiger partial charge < -0.3 is 32.4 Å². The molecule has 10 rings (SSSR count). The van der Waals surface area contributed by atoms with Crippen LogP contribution in [-0.4, -0.2) is 32.7 Å². The highest BCUT2D eigenvalue weighted by Crippen LogP contribution is 2.44. The Hall–Kier alpha value is -7.02. The summed E-state index contributed by atoms with van der Waals surface area (Å²) in [5.74, 6) is 3.12. The number of furan rings is 2. The van der Waals surface area contributed by atoms with Crippen molar-refractivity contribution in [2.75, 3.05) is 24.7 Å². The van der Waals surface area contributed by atoms with Crippen molar-refractivity contribution in [1.29, 1.82) is 0 Å². The van der Waals surface area contributed by atoms with Crippen molar-refractivity contribution in [2.24, 2.45) is 0 Å². The molecule has 9 aromatic rings. The summed E-state index contributed by atoms with van der Waals surface area (Å²) in [6.45, 7) is 3.65. The number of aromatic nitrogens is 1. The van der Waals surface area contributed by atoms with Crippen LogP contribution in [0.25, 0.3) is 61.1 Å². The molecule has 1 N–H and O–H groups in total. The van der Waals surface area contributed by atoms with Gasteiger partial charge in [-0.25, -0.2) is 0 Å². The standard InChI is InChI=1S/C47H36N2O9S/c1-2-30(24-46-48(20-22-53-31-10-4-3-5-11-31)38-26-36-34-12-6-8-14-40(34)55-42(36)28-44(38)57-46)25-47-49(21-23-54-32-16-18-33(19-17-32)59(50,51)52)39-27-37-35-13-7-9-15-41(35)56-43(37)29-45(39)58-47/h3-19,24-29H,2,20-23H2,1H3/p+1. The van der Waals surface area contributed by atoms with E-state index in [1.807, 2.05) is 97.1 Å². The Labute approximate surface area is 338 Å². The zero-order chi connectivity index (χ0) is 40.1. The first-order valence-electron chi connectivity index (χ1n) is 19.3. The van der Waals surface area contributed by atoms with Crippen LogP contribution in [0.15, 0.2) is 163 Å². The van der Waals surface area contributed by atoms with E-state index in [2.05, 4.69) is 34.6 Å². The second-order valence-electron chi connectivity index (χ2n) is 14.2. The second-order valence-corrected chi connectivity index (χ2v) is 15.6. The molecule has 0 radical (unpaired) electrons. The van der Waals surface area contributed by atoms with Gasteiger partial charge in [0.2, 0.25) is 11.5 Å². The molecule has 0 atom stereocenters. The molecule has 4 heterocycles. The van der Waals surface area contributed by atoms with E-state index in [0.717, 1.165) is 60.8 Å². The number of oxazole rings is 1. The van der Waals surface area contributed by atoms with Crippen LogP contribution in [0.5, 0.6) is 17.2 Å².